The van der Waals surface area contributed by atoms with Crippen molar-refractivity contribution in [3.8, 4) is 0 Å². The summed E-state index contributed by atoms with van der Waals surface area (Å²) >= 11 is 0. The van der Waals surface area contributed by atoms with Crippen LogP contribution in [0.15, 0.2) is 47.3 Å². The normalized spacial score (nSPS) is 11.1. The molecule has 2 aromatic carbocycles. The van der Waals surface area contributed by atoms with E-state index in [1.54, 1.807) is 19.1 Å². The van der Waals surface area contributed by atoms with E-state index < -0.39 is 0 Å². The molecule has 140 valence electrons. The van der Waals surface area contributed by atoms with Crippen LogP contribution < -0.4 is 10.9 Å². The number of hydrogen-bond acceptors (Lipinski definition) is 4. The maximum atomic E-state index is 12.6. The summed E-state index contributed by atoms with van der Waals surface area (Å²) in [7, 11) is 0. The van der Waals surface area contributed by atoms with Crippen LogP contribution in [0, 0.1) is 20.8 Å². The zero-order valence-electron chi connectivity index (χ0n) is 16.0. The number of aromatic nitrogens is 3. The minimum atomic E-state index is -0.167. The summed E-state index contributed by atoms with van der Waals surface area (Å²) in [5.74, 6) is -0.167. The highest BCUT2D eigenvalue weighted by molar-refractivity contribution is 5.97. The number of nitrogens with zero attached hydrogens (tertiary/aromatic N) is 2. The number of aromatic amines is 1. The number of amides is 1. The molecule has 0 atom stereocenters. The molecule has 0 saturated heterocycles. The topological polar surface area (TPSA) is 87.7 Å². The summed E-state index contributed by atoms with van der Waals surface area (Å²) in [4.78, 5) is 36.1. The Morgan fingerprint density at radius 3 is 2.50 bits per heavy atom. The number of rotatable bonds is 3. The number of benzene rings is 2. The molecule has 0 unspecified atom stereocenters. The fourth-order valence-corrected chi connectivity index (χ4v) is 3.13. The monoisotopic (exact) mass is 372 g/mol. The number of carbonyl (C=O) groups is 1. The van der Waals surface area contributed by atoms with Crippen LogP contribution in [-0.4, -0.2) is 20.9 Å². The van der Waals surface area contributed by atoms with Gasteiger partial charge in [0.1, 0.15) is 0 Å². The van der Waals surface area contributed by atoms with Crippen LogP contribution in [0.2, 0.25) is 0 Å². The van der Waals surface area contributed by atoms with E-state index in [1.165, 1.54) is 0 Å². The minimum absolute atomic E-state index is 0.0848. The molecule has 2 aromatic heterocycles. The smallest absolute Gasteiger partial charge is 0.251 e. The van der Waals surface area contributed by atoms with E-state index in [2.05, 4.69) is 20.3 Å². The van der Waals surface area contributed by atoms with Crippen LogP contribution in [-0.2, 0) is 6.54 Å². The van der Waals surface area contributed by atoms with Gasteiger partial charge in [0.25, 0.3) is 11.5 Å². The van der Waals surface area contributed by atoms with Crippen molar-refractivity contribution in [1.82, 2.24) is 20.3 Å². The van der Waals surface area contributed by atoms with E-state index in [-0.39, 0.29) is 11.5 Å². The molecule has 2 heterocycles. The van der Waals surface area contributed by atoms with Gasteiger partial charge in [-0.1, -0.05) is 6.07 Å². The van der Waals surface area contributed by atoms with E-state index in [9.17, 15) is 9.59 Å². The third kappa shape index (κ3) is 3.36. The lowest BCUT2D eigenvalue weighted by atomic mass is 10.1. The molecule has 0 aliphatic carbocycles. The lowest BCUT2D eigenvalue weighted by Gasteiger charge is -2.08. The molecule has 0 aliphatic rings. The Morgan fingerprint density at radius 2 is 1.71 bits per heavy atom. The van der Waals surface area contributed by atoms with Gasteiger partial charge in [0.05, 0.1) is 22.4 Å². The molecule has 0 bridgehead atoms. The number of H-pyrrole nitrogens is 1. The van der Waals surface area contributed by atoms with Crippen molar-refractivity contribution in [3.05, 3.63) is 80.9 Å². The first-order chi connectivity index (χ1) is 13.4. The summed E-state index contributed by atoms with van der Waals surface area (Å²) in [5.41, 5.74) is 6.09. The highest BCUT2D eigenvalue weighted by Gasteiger charge is 2.09. The minimum Gasteiger partial charge on any atom is -0.348 e. The number of hydrogen-bond donors (Lipinski definition) is 2. The Labute approximate surface area is 161 Å². The van der Waals surface area contributed by atoms with Gasteiger partial charge in [-0.15, -0.1) is 0 Å². The van der Waals surface area contributed by atoms with E-state index in [0.717, 1.165) is 33.4 Å². The predicted octanol–water partition coefficient (Wildman–Crippen LogP) is 3.33. The van der Waals surface area contributed by atoms with Crippen molar-refractivity contribution in [2.75, 3.05) is 0 Å². The Hall–Kier alpha value is -3.54. The molecule has 6 heteroatoms. The van der Waals surface area contributed by atoms with Gasteiger partial charge in [-0.25, -0.2) is 9.97 Å². The third-order valence-electron chi connectivity index (χ3n) is 4.88. The van der Waals surface area contributed by atoms with Gasteiger partial charge in [0.15, 0.2) is 0 Å². The quantitative estimate of drug-likeness (QED) is 0.577. The Morgan fingerprint density at radius 1 is 0.964 bits per heavy atom. The van der Waals surface area contributed by atoms with Gasteiger partial charge in [-0.3, -0.25) is 9.59 Å². The van der Waals surface area contributed by atoms with Gasteiger partial charge in [-0.2, -0.15) is 0 Å². The number of fused-ring (bicyclic) bond motifs is 2. The molecule has 0 radical (unpaired) electrons. The predicted molar refractivity (Wildman–Crippen MR) is 109 cm³/mol. The van der Waals surface area contributed by atoms with Gasteiger partial charge < -0.3 is 10.3 Å². The number of aryl methyl sites for hydroxylation is 3. The molecule has 1 amide bonds. The van der Waals surface area contributed by atoms with Crippen LogP contribution in [0.3, 0.4) is 0 Å². The maximum Gasteiger partial charge on any atom is 0.251 e. The van der Waals surface area contributed by atoms with Crippen LogP contribution in [0.4, 0.5) is 0 Å². The van der Waals surface area contributed by atoms with Crippen LogP contribution in [0.1, 0.15) is 32.9 Å². The van der Waals surface area contributed by atoms with Gasteiger partial charge in [0, 0.05) is 23.2 Å². The van der Waals surface area contributed by atoms with E-state index >= 15 is 0 Å². The fraction of sp³-hybridized carbons (Fsp3) is 0.182. The zero-order valence-corrected chi connectivity index (χ0v) is 16.0. The standard InChI is InChI=1S/C22H20N4O2/c1-12-8-17-9-15(4-6-18(17)26-21(12)27)11-23-22(28)16-5-7-19-20(10-16)25-14(3)13(2)24-19/h4-10H,11H2,1-3H3,(H,23,28)(H,26,27). The molecule has 0 saturated carbocycles. The second kappa shape index (κ2) is 6.88. The van der Waals surface area contributed by atoms with Crippen molar-refractivity contribution in [1.29, 1.82) is 0 Å². The highest BCUT2D eigenvalue weighted by Crippen LogP contribution is 2.16. The fourth-order valence-electron chi connectivity index (χ4n) is 3.13. The number of pyridine rings is 1. The summed E-state index contributed by atoms with van der Waals surface area (Å²) < 4.78 is 0. The largest absolute Gasteiger partial charge is 0.348 e. The molecule has 28 heavy (non-hydrogen) atoms. The highest BCUT2D eigenvalue weighted by atomic mass is 16.1. The molecule has 6 nitrogen and oxygen atoms in total. The Bertz CT molecular complexity index is 1290. The van der Waals surface area contributed by atoms with Crippen LogP contribution in [0.5, 0.6) is 0 Å². The van der Waals surface area contributed by atoms with Crippen molar-refractivity contribution in [2.24, 2.45) is 0 Å². The summed E-state index contributed by atoms with van der Waals surface area (Å²) in [5, 5.41) is 3.88. The number of nitrogens with one attached hydrogen (secondary N) is 2. The molecule has 4 aromatic rings. The average molecular weight is 372 g/mol. The van der Waals surface area contributed by atoms with Crippen molar-refractivity contribution in [3.63, 3.8) is 0 Å². The molecule has 2 N–H and O–H groups in total. The summed E-state index contributed by atoms with van der Waals surface area (Å²) in [6, 6.07) is 12.9. The number of carbonyl (C=O) groups excluding carboxylic acids is 1. The second-order valence-electron chi connectivity index (χ2n) is 6.98. The molecule has 0 spiro atoms. The summed E-state index contributed by atoms with van der Waals surface area (Å²) in [6.45, 7) is 5.99. The Kier molecular flexibility index (Phi) is 4.39. The first kappa shape index (κ1) is 17.9. The molecule has 0 aliphatic heterocycles. The van der Waals surface area contributed by atoms with Crippen molar-refractivity contribution >= 4 is 27.8 Å². The molecular weight excluding hydrogens is 352 g/mol. The lowest BCUT2D eigenvalue weighted by Crippen LogP contribution is -2.22. The van der Waals surface area contributed by atoms with Gasteiger partial charge in [0.2, 0.25) is 0 Å². The lowest BCUT2D eigenvalue weighted by molar-refractivity contribution is 0.0951. The van der Waals surface area contributed by atoms with Crippen molar-refractivity contribution in [2.45, 2.75) is 27.3 Å². The SMILES string of the molecule is Cc1nc2ccc(C(=O)NCc3ccc4[nH]c(=O)c(C)cc4c3)cc2nc1C. The molecule has 0 fully saturated rings. The third-order valence-corrected chi connectivity index (χ3v) is 4.88. The van der Waals surface area contributed by atoms with Gasteiger partial charge in [-0.05, 0) is 68.1 Å². The second-order valence-corrected chi connectivity index (χ2v) is 6.98. The van der Waals surface area contributed by atoms with E-state index in [4.69, 9.17) is 0 Å². The first-order valence-electron chi connectivity index (χ1n) is 9.06. The van der Waals surface area contributed by atoms with Gasteiger partial charge >= 0.3 is 0 Å². The molecule has 4 rings (SSSR count). The Balaban J connectivity index is 1.54. The first-order valence-corrected chi connectivity index (χ1v) is 9.06. The zero-order chi connectivity index (χ0) is 19.8. The van der Waals surface area contributed by atoms with Crippen LogP contribution >= 0.6 is 0 Å². The van der Waals surface area contributed by atoms with E-state index in [0.29, 0.717) is 23.2 Å². The van der Waals surface area contributed by atoms with E-state index in [1.807, 2.05) is 44.2 Å². The maximum absolute atomic E-state index is 12.6. The van der Waals surface area contributed by atoms with Crippen molar-refractivity contribution < 1.29 is 4.79 Å². The molecular formula is C22H20N4O2. The average Bonchev–Trinajstić information content (AvgIpc) is 2.67. The summed E-state index contributed by atoms with van der Waals surface area (Å²) in [6.07, 6.45) is 0. The van der Waals surface area contributed by atoms with Crippen LogP contribution in [0.25, 0.3) is 21.9 Å².